The van der Waals surface area contributed by atoms with Gasteiger partial charge in [-0.15, -0.1) is 16.9 Å². The topological polar surface area (TPSA) is 59.6 Å². The fourth-order valence-electron chi connectivity index (χ4n) is 3.97. The lowest BCUT2D eigenvalue weighted by molar-refractivity contribution is -0.137. The first-order chi connectivity index (χ1) is 16.3. The number of hydrogen-bond donors (Lipinski definition) is 0. The molecule has 1 heterocycles. The highest BCUT2D eigenvalue weighted by Gasteiger charge is 2.30. The molecule has 5 nitrogen and oxygen atoms in total. The lowest BCUT2D eigenvalue weighted by Crippen LogP contribution is -2.16. The Morgan fingerprint density at radius 1 is 0.943 bits per heavy atom. The number of nitrogens with zero attached hydrogens (tertiary/aromatic N) is 4. The van der Waals surface area contributed by atoms with Crippen molar-refractivity contribution in [3.8, 4) is 0 Å². The van der Waals surface area contributed by atoms with Crippen LogP contribution in [0.25, 0.3) is 0 Å². The van der Waals surface area contributed by atoms with Crippen molar-refractivity contribution in [2.45, 2.75) is 60.4 Å². The van der Waals surface area contributed by atoms with E-state index in [4.69, 9.17) is 0 Å². The predicted molar refractivity (Wildman–Crippen MR) is 134 cm³/mol. The summed E-state index contributed by atoms with van der Waals surface area (Å²) >= 11 is 1.53. The fourth-order valence-corrected chi connectivity index (χ4v) is 5.01. The molecule has 0 saturated carbocycles. The van der Waals surface area contributed by atoms with E-state index in [1.165, 1.54) is 62.0 Å². The normalized spacial score (nSPS) is 12.1. The number of aryl methyl sites for hydroxylation is 1. The second kappa shape index (κ2) is 10.4. The van der Waals surface area contributed by atoms with E-state index in [9.17, 15) is 18.0 Å². The van der Waals surface area contributed by atoms with Crippen molar-refractivity contribution in [1.82, 2.24) is 9.78 Å². The maximum absolute atomic E-state index is 12.9. The van der Waals surface area contributed by atoms with Crippen LogP contribution in [-0.4, -0.2) is 21.4 Å². The molecule has 0 aliphatic rings. The lowest BCUT2D eigenvalue weighted by Gasteiger charge is -2.18. The summed E-state index contributed by atoms with van der Waals surface area (Å²) in [5, 5.41) is 12.3. The third kappa shape index (κ3) is 5.66. The smallest absolute Gasteiger partial charge is 0.272 e. The van der Waals surface area contributed by atoms with Crippen LogP contribution in [0.15, 0.2) is 34.5 Å². The van der Waals surface area contributed by atoms with Gasteiger partial charge in [0, 0.05) is 5.75 Å². The van der Waals surface area contributed by atoms with E-state index in [1.54, 1.807) is 13.8 Å². The van der Waals surface area contributed by atoms with E-state index in [2.05, 4.69) is 49.9 Å². The van der Waals surface area contributed by atoms with Crippen molar-refractivity contribution in [2.75, 3.05) is 5.75 Å². The van der Waals surface area contributed by atoms with Gasteiger partial charge in [0.2, 0.25) is 0 Å². The SMILES string of the molecule is Cc1nn(C(=O)CSCc2c(C)c(C)c(C)c(C)c2C)c(C)c1N=Nc1cccc(C(F)(F)F)c1. The highest BCUT2D eigenvalue weighted by Crippen LogP contribution is 2.33. The number of benzene rings is 2. The van der Waals surface area contributed by atoms with E-state index >= 15 is 0 Å². The molecular weight excluding hydrogens is 473 g/mol. The molecule has 3 aromatic rings. The highest BCUT2D eigenvalue weighted by atomic mass is 32.2. The monoisotopic (exact) mass is 502 g/mol. The van der Waals surface area contributed by atoms with E-state index in [0.717, 1.165) is 12.1 Å². The van der Waals surface area contributed by atoms with Crippen LogP contribution in [0.3, 0.4) is 0 Å². The molecule has 2 aromatic carbocycles. The van der Waals surface area contributed by atoms with Gasteiger partial charge in [-0.2, -0.15) is 23.4 Å². The predicted octanol–water partition coefficient (Wildman–Crippen LogP) is 8.05. The molecule has 35 heavy (non-hydrogen) atoms. The summed E-state index contributed by atoms with van der Waals surface area (Å²) in [5.41, 5.74) is 8.27. The third-order valence-electron chi connectivity index (χ3n) is 6.56. The molecule has 3 rings (SSSR count). The van der Waals surface area contributed by atoms with Crippen molar-refractivity contribution in [2.24, 2.45) is 10.2 Å². The van der Waals surface area contributed by atoms with Gasteiger partial charge in [0.25, 0.3) is 5.91 Å². The maximum Gasteiger partial charge on any atom is 0.416 e. The lowest BCUT2D eigenvalue weighted by atomic mass is 9.90. The molecule has 0 amide bonds. The number of azo groups is 1. The van der Waals surface area contributed by atoms with Gasteiger partial charge in [-0.05, 0) is 100 Å². The van der Waals surface area contributed by atoms with Crippen LogP contribution in [0, 0.1) is 48.5 Å². The summed E-state index contributed by atoms with van der Waals surface area (Å²) in [5.74, 6) is 0.760. The van der Waals surface area contributed by atoms with Gasteiger partial charge < -0.3 is 0 Å². The summed E-state index contributed by atoms with van der Waals surface area (Å²) in [6.45, 7) is 14.0. The van der Waals surface area contributed by atoms with Crippen LogP contribution < -0.4 is 0 Å². The molecule has 0 aliphatic heterocycles. The van der Waals surface area contributed by atoms with Crippen molar-refractivity contribution >= 4 is 29.0 Å². The third-order valence-corrected chi connectivity index (χ3v) is 7.50. The minimum absolute atomic E-state index is 0.0719. The number of thioether (sulfide) groups is 1. The molecule has 0 fully saturated rings. The van der Waals surface area contributed by atoms with E-state index in [0.29, 0.717) is 22.8 Å². The summed E-state index contributed by atoms with van der Waals surface area (Å²) in [6, 6.07) is 4.63. The number of halogens is 3. The van der Waals surface area contributed by atoms with E-state index in [-0.39, 0.29) is 17.3 Å². The Kier molecular flexibility index (Phi) is 7.89. The largest absolute Gasteiger partial charge is 0.416 e. The number of carbonyl (C=O) groups is 1. The van der Waals surface area contributed by atoms with Gasteiger partial charge in [-0.25, -0.2) is 4.68 Å². The Hall–Kier alpha value is -2.94. The van der Waals surface area contributed by atoms with E-state index < -0.39 is 11.7 Å². The molecule has 1 aromatic heterocycles. The van der Waals surface area contributed by atoms with Gasteiger partial charge in [0.15, 0.2) is 0 Å². The van der Waals surface area contributed by atoms with Crippen LogP contribution in [0.4, 0.5) is 24.5 Å². The molecule has 0 radical (unpaired) electrons. The van der Waals surface area contributed by atoms with Crippen LogP contribution in [0.1, 0.15) is 55.1 Å². The summed E-state index contributed by atoms with van der Waals surface area (Å²) < 4.78 is 40.1. The molecule has 0 atom stereocenters. The highest BCUT2D eigenvalue weighted by molar-refractivity contribution is 7.99. The average molecular weight is 503 g/mol. The number of rotatable bonds is 6. The molecule has 0 bridgehead atoms. The van der Waals surface area contributed by atoms with Crippen LogP contribution in [-0.2, 0) is 11.9 Å². The Labute approximate surface area is 207 Å². The molecule has 0 saturated heterocycles. The standard InChI is InChI=1S/C26H29F3N4OS/c1-14-15(2)17(4)23(18(5)16(14)3)12-35-13-24(34)33-20(7)25(19(6)32-33)31-30-22-10-8-9-21(11-22)26(27,28)29/h8-11H,12-13H2,1-7H3. The second-order valence-corrected chi connectivity index (χ2v) is 9.66. The van der Waals surface area contributed by atoms with Gasteiger partial charge in [0.1, 0.15) is 5.69 Å². The molecule has 0 spiro atoms. The Bertz CT molecular complexity index is 1280. The Balaban J connectivity index is 1.74. The van der Waals surface area contributed by atoms with Crippen molar-refractivity contribution < 1.29 is 18.0 Å². The quantitative estimate of drug-likeness (QED) is 0.320. The first-order valence-electron chi connectivity index (χ1n) is 11.1. The second-order valence-electron chi connectivity index (χ2n) is 8.67. The molecule has 186 valence electrons. The Morgan fingerprint density at radius 2 is 1.54 bits per heavy atom. The Morgan fingerprint density at radius 3 is 2.14 bits per heavy atom. The summed E-state index contributed by atoms with van der Waals surface area (Å²) in [7, 11) is 0. The first kappa shape index (κ1) is 26.7. The molecule has 0 unspecified atom stereocenters. The average Bonchev–Trinajstić information content (AvgIpc) is 3.10. The molecular formula is C26H29F3N4OS. The van der Waals surface area contributed by atoms with E-state index in [1.807, 2.05) is 0 Å². The van der Waals surface area contributed by atoms with Crippen molar-refractivity contribution in [3.05, 3.63) is 74.6 Å². The number of aromatic nitrogens is 2. The van der Waals surface area contributed by atoms with Gasteiger partial charge in [-0.1, -0.05) is 6.07 Å². The van der Waals surface area contributed by atoms with Crippen LogP contribution >= 0.6 is 11.8 Å². The summed E-state index contributed by atoms with van der Waals surface area (Å²) in [6.07, 6.45) is -4.46. The zero-order chi connectivity index (χ0) is 26.1. The zero-order valence-corrected chi connectivity index (χ0v) is 21.8. The van der Waals surface area contributed by atoms with Gasteiger partial charge in [-0.3, -0.25) is 4.79 Å². The van der Waals surface area contributed by atoms with Crippen molar-refractivity contribution in [1.29, 1.82) is 0 Å². The van der Waals surface area contributed by atoms with Crippen molar-refractivity contribution in [3.63, 3.8) is 0 Å². The van der Waals surface area contributed by atoms with Crippen LogP contribution in [0.5, 0.6) is 0 Å². The fraction of sp³-hybridized carbons (Fsp3) is 0.385. The van der Waals surface area contributed by atoms with Gasteiger partial charge in [0.05, 0.1) is 28.4 Å². The first-order valence-corrected chi connectivity index (χ1v) is 12.3. The maximum atomic E-state index is 12.9. The molecule has 9 heteroatoms. The number of alkyl halides is 3. The summed E-state index contributed by atoms with van der Waals surface area (Å²) in [4.78, 5) is 12.9. The number of carbonyl (C=O) groups excluding carboxylic acids is 1. The zero-order valence-electron chi connectivity index (χ0n) is 21.0. The molecule has 0 aliphatic carbocycles. The number of hydrogen-bond acceptors (Lipinski definition) is 5. The van der Waals surface area contributed by atoms with Crippen LogP contribution in [0.2, 0.25) is 0 Å². The minimum atomic E-state index is -4.46. The van der Waals surface area contributed by atoms with Gasteiger partial charge >= 0.3 is 6.18 Å². The molecule has 0 N–H and O–H groups in total. The minimum Gasteiger partial charge on any atom is -0.272 e.